The highest BCUT2D eigenvalue weighted by Gasteiger charge is 2.25. The second kappa shape index (κ2) is 8.22. The Hall–Kier alpha value is -2.54. The lowest BCUT2D eigenvalue weighted by molar-refractivity contribution is 0.0944. The molecule has 0 fully saturated rings. The average Bonchev–Trinajstić information content (AvgIpc) is 2.66. The number of benzene rings is 2. The molecule has 0 aliphatic heterocycles. The van der Waals surface area contributed by atoms with Crippen molar-refractivity contribution < 1.29 is 17.9 Å². The Kier molecular flexibility index (Phi) is 5.93. The SMILES string of the molecule is COc1cc2c(cc1S(=O)(=O)Nc1ccccc1C(=O)NC(C)C)CCCC2. The fraction of sp³-hybridized carbons (Fsp3) is 0.381. The van der Waals surface area contributed by atoms with E-state index in [9.17, 15) is 13.2 Å². The third kappa shape index (κ3) is 4.30. The van der Waals surface area contributed by atoms with Crippen molar-refractivity contribution in [1.82, 2.24) is 5.32 Å². The second-order valence-corrected chi connectivity index (χ2v) is 8.91. The van der Waals surface area contributed by atoms with Crippen LogP contribution in [0.1, 0.15) is 48.2 Å². The number of aryl methyl sites for hydroxylation is 2. The smallest absolute Gasteiger partial charge is 0.265 e. The minimum atomic E-state index is -3.93. The maximum Gasteiger partial charge on any atom is 0.265 e. The zero-order valence-corrected chi connectivity index (χ0v) is 17.2. The summed E-state index contributed by atoms with van der Waals surface area (Å²) in [6, 6.07) is 10.0. The maximum atomic E-state index is 13.1. The molecule has 2 aromatic carbocycles. The molecule has 0 bridgehead atoms. The van der Waals surface area contributed by atoms with Crippen molar-refractivity contribution in [2.45, 2.75) is 50.5 Å². The Morgan fingerprint density at radius 1 is 1.07 bits per heavy atom. The molecule has 1 aliphatic rings. The minimum absolute atomic E-state index is 0.0575. The Balaban J connectivity index is 1.98. The fourth-order valence-corrected chi connectivity index (χ4v) is 4.70. The lowest BCUT2D eigenvalue weighted by Gasteiger charge is -2.20. The van der Waals surface area contributed by atoms with E-state index in [1.165, 1.54) is 7.11 Å². The van der Waals surface area contributed by atoms with Gasteiger partial charge >= 0.3 is 0 Å². The summed E-state index contributed by atoms with van der Waals surface area (Å²) in [6.07, 6.45) is 3.93. The number of hydrogen-bond acceptors (Lipinski definition) is 4. The van der Waals surface area contributed by atoms with Gasteiger partial charge in [-0.15, -0.1) is 0 Å². The Bertz CT molecular complexity index is 984. The van der Waals surface area contributed by atoms with Crippen molar-refractivity contribution in [3.05, 3.63) is 53.1 Å². The second-order valence-electron chi connectivity index (χ2n) is 7.26. The molecule has 0 unspecified atom stereocenters. The minimum Gasteiger partial charge on any atom is -0.495 e. The molecule has 150 valence electrons. The number of ether oxygens (including phenoxy) is 1. The molecule has 6 nitrogen and oxygen atoms in total. The lowest BCUT2D eigenvalue weighted by Crippen LogP contribution is -2.31. The number of nitrogens with one attached hydrogen (secondary N) is 2. The quantitative estimate of drug-likeness (QED) is 0.774. The Labute approximate surface area is 166 Å². The largest absolute Gasteiger partial charge is 0.495 e. The van der Waals surface area contributed by atoms with E-state index in [2.05, 4.69) is 10.0 Å². The highest BCUT2D eigenvalue weighted by atomic mass is 32.2. The summed E-state index contributed by atoms with van der Waals surface area (Å²) >= 11 is 0. The van der Waals surface area contributed by atoms with Gasteiger partial charge in [0.25, 0.3) is 15.9 Å². The van der Waals surface area contributed by atoms with Crippen LogP contribution in [0.2, 0.25) is 0 Å². The number of hydrogen-bond donors (Lipinski definition) is 2. The first-order valence-electron chi connectivity index (χ1n) is 9.44. The summed E-state index contributed by atoms with van der Waals surface area (Å²) in [6.45, 7) is 3.70. The van der Waals surface area contributed by atoms with Crippen LogP contribution in [0.15, 0.2) is 41.3 Å². The van der Waals surface area contributed by atoms with Crippen molar-refractivity contribution in [2.75, 3.05) is 11.8 Å². The third-order valence-corrected chi connectivity index (χ3v) is 6.14. The van der Waals surface area contributed by atoms with E-state index in [0.29, 0.717) is 5.75 Å². The van der Waals surface area contributed by atoms with Gasteiger partial charge in [-0.25, -0.2) is 8.42 Å². The summed E-state index contributed by atoms with van der Waals surface area (Å²) < 4.78 is 34.2. The first kappa shape index (κ1) is 20.2. The molecule has 0 saturated carbocycles. The van der Waals surface area contributed by atoms with Crippen LogP contribution in [0, 0.1) is 0 Å². The van der Waals surface area contributed by atoms with Crippen LogP contribution in [0.4, 0.5) is 5.69 Å². The van der Waals surface area contributed by atoms with Crippen molar-refractivity contribution in [3.63, 3.8) is 0 Å². The van der Waals surface area contributed by atoms with Gasteiger partial charge in [-0.2, -0.15) is 0 Å². The number of rotatable bonds is 6. The molecule has 2 aromatic rings. The molecular formula is C21H26N2O4S. The summed E-state index contributed by atoms with van der Waals surface area (Å²) in [7, 11) is -2.46. The number of para-hydroxylation sites is 1. The van der Waals surface area contributed by atoms with Crippen LogP contribution >= 0.6 is 0 Å². The van der Waals surface area contributed by atoms with E-state index >= 15 is 0 Å². The van der Waals surface area contributed by atoms with Crippen LogP contribution in [-0.2, 0) is 22.9 Å². The van der Waals surface area contributed by atoms with Gasteiger partial charge in [-0.3, -0.25) is 9.52 Å². The average molecular weight is 403 g/mol. The molecule has 1 aliphatic carbocycles. The topological polar surface area (TPSA) is 84.5 Å². The Morgan fingerprint density at radius 2 is 1.71 bits per heavy atom. The zero-order chi connectivity index (χ0) is 20.3. The van der Waals surface area contributed by atoms with Gasteiger partial charge in [0.15, 0.2) is 0 Å². The normalized spacial score (nSPS) is 13.7. The van der Waals surface area contributed by atoms with E-state index in [-0.39, 0.29) is 28.1 Å². The summed E-state index contributed by atoms with van der Waals surface area (Å²) in [4.78, 5) is 12.5. The third-order valence-electron chi connectivity index (χ3n) is 4.75. The molecule has 1 amide bonds. The van der Waals surface area contributed by atoms with Crippen LogP contribution in [-0.4, -0.2) is 27.5 Å². The Morgan fingerprint density at radius 3 is 2.36 bits per heavy atom. The highest BCUT2D eigenvalue weighted by molar-refractivity contribution is 7.92. The van der Waals surface area contributed by atoms with Gasteiger partial charge in [-0.05, 0) is 74.9 Å². The van der Waals surface area contributed by atoms with Crippen LogP contribution in [0.25, 0.3) is 0 Å². The summed E-state index contributed by atoms with van der Waals surface area (Å²) in [5, 5.41) is 2.79. The van der Waals surface area contributed by atoms with Gasteiger partial charge in [0, 0.05) is 6.04 Å². The van der Waals surface area contributed by atoms with Crippen LogP contribution < -0.4 is 14.8 Å². The fourth-order valence-electron chi connectivity index (χ4n) is 3.42. The molecule has 0 spiro atoms. The number of fused-ring (bicyclic) bond motifs is 1. The van der Waals surface area contributed by atoms with E-state index in [4.69, 9.17) is 4.74 Å². The van der Waals surface area contributed by atoms with Crippen LogP contribution in [0.3, 0.4) is 0 Å². The molecule has 2 N–H and O–H groups in total. The molecule has 0 heterocycles. The standard InChI is InChI=1S/C21H26N2O4S/c1-14(2)22-21(24)17-10-6-7-11-18(17)23-28(25,26)20-13-16-9-5-4-8-15(16)12-19(20)27-3/h6-7,10-14,23H,4-5,8-9H2,1-3H3,(H,22,24). The number of carbonyl (C=O) groups is 1. The number of amides is 1. The molecule has 3 rings (SSSR count). The predicted octanol–water partition coefficient (Wildman–Crippen LogP) is 3.51. The summed E-state index contributed by atoms with van der Waals surface area (Å²) in [5.41, 5.74) is 2.69. The van der Waals surface area contributed by atoms with E-state index in [1.807, 2.05) is 19.9 Å². The first-order chi connectivity index (χ1) is 13.3. The number of carbonyl (C=O) groups excluding carboxylic acids is 1. The highest BCUT2D eigenvalue weighted by Crippen LogP contribution is 2.33. The van der Waals surface area contributed by atoms with Crippen molar-refractivity contribution in [2.24, 2.45) is 0 Å². The molecule has 0 saturated heterocycles. The molecule has 0 aromatic heterocycles. The van der Waals surface area contributed by atoms with Crippen LogP contribution in [0.5, 0.6) is 5.75 Å². The molecule has 0 atom stereocenters. The molecule has 7 heteroatoms. The summed E-state index contributed by atoms with van der Waals surface area (Å²) in [5.74, 6) is -0.0111. The number of anilines is 1. The predicted molar refractivity (Wildman–Crippen MR) is 109 cm³/mol. The maximum absolute atomic E-state index is 13.1. The van der Waals surface area contributed by atoms with Gasteiger partial charge in [-0.1, -0.05) is 12.1 Å². The first-order valence-corrected chi connectivity index (χ1v) is 10.9. The zero-order valence-electron chi connectivity index (χ0n) is 16.4. The van der Waals surface area contributed by atoms with Crippen molar-refractivity contribution >= 4 is 21.6 Å². The van der Waals surface area contributed by atoms with E-state index in [0.717, 1.165) is 36.8 Å². The van der Waals surface area contributed by atoms with Crippen molar-refractivity contribution in [3.8, 4) is 5.75 Å². The molecule has 28 heavy (non-hydrogen) atoms. The number of sulfonamides is 1. The monoisotopic (exact) mass is 402 g/mol. The van der Waals surface area contributed by atoms with Gasteiger partial charge in [0.1, 0.15) is 10.6 Å². The lowest BCUT2D eigenvalue weighted by atomic mass is 9.92. The number of methoxy groups -OCH3 is 1. The van der Waals surface area contributed by atoms with E-state index in [1.54, 1.807) is 30.3 Å². The van der Waals surface area contributed by atoms with Gasteiger partial charge < -0.3 is 10.1 Å². The molecule has 0 radical (unpaired) electrons. The van der Waals surface area contributed by atoms with Crippen molar-refractivity contribution in [1.29, 1.82) is 0 Å². The van der Waals surface area contributed by atoms with E-state index < -0.39 is 10.0 Å². The van der Waals surface area contributed by atoms with Gasteiger partial charge in [0.05, 0.1) is 18.4 Å². The molecular weight excluding hydrogens is 376 g/mol. The van der Waals surface area contributed by atoms with Gasteiger partial charge in [0.2, 0.25) is 0 Å².